The second kappa shape index (κ2) is 12.5. The van der Waals surface area contributed by atoms with Crippen LogP contribution in [0.3, 0.4) is 0 Å². The van der Waals surface area contributed by atoms with Gasteiger partial charge in [-0.15, -0.1) is 12.4 Å². The number of halogens is 1. The van der Waals surface area contributed by atoms with Gasteiger partial charge in [0.2, 0.25) is 21.8 Å². The van der Waals surface area contributed by atoms with Gasteiger partial charge in [-0.05, 0) is 64.7 Å². The summed E-state index contributed by atoms with van der Waals surface area (Å²) < 4.78 is 31.9. The summed E-state index contributed by atoms with van der Waals surface area (Å²) in [6.45, 7) is 6.66. The Bertz CT molecular complexity index is 726. The van der Waals surface area contributed by atoms with Crippen LogP contribution in [0.5, 0.6) is 0 Å². The molecule has 0 aromatic heterocycles. The highest BCUT2D eigenvalue weighted by atomic mass is 35.5. The summed E-state index contributed by atoms with van der Waals surface area (Å²) in [4.78, 5) is 27.5. The fraction of sp³-hybridized carbons (Fsp3) is 0.905. The normalized spacial score (nSPS) is 25.2. The molecule has 0 aromatic rings. The topological polar surface area (TPSA) is 131 Å². The Morgan fingerprint density at radius 2 is 1.81 bits per heavy atom. The summed E-state index contributed by atoms with van der Waals surface area (Å²) in [6, 6.07) is -1.38. The number of hydrogen-bond acceptors (Lipinski definition) is 6. The highest BCUT2D eigenvalue weighted by Gasteiger charge is 2.38. The average Bonchev–Trinajstić information content (AvgIpc) is 3.19. The van der Waals surface area contributed by atoms with Gasteiger partial charge in [0, 0.05) is 19.1 Å². The number of nitrogens with two attached hydrogens (primary N) is 1. The molecule has 188 valence electrons. The van der Waals surface area contributed by atoms with Crippen molar-refractivity contribution < 1.29 is 22.7 Å². The minimum absolute atomic E-state index is 0. The first-order valence-electron chi connectivity index (χ1n) is 11.4. The average molecular weight is 497 g/mol. The standard InChI is InChI=1S/C21H40N4O5S.ClH/c1-5-21(2,3)30-14-17(24-31(4,28)29)20(27)25-12-6-7-18(25)19(26)23-13-15-8-10-16(22)11-9-15;/h15-18,24H,5-14,22H2,1-4H3,(H,23,26);1H/t15?,16?,17-,18+;/m0./s1. The summed E-state index contributed by atoms with van der Waals surface area (Å²) in [7, 11) is -3.63. The second-order valence-corrected chi connectivity index (χ2v) is 11.4. The van der Waals surface area contributed by atoms with E-state index in [2.05, 4.69) is 10.0 Å². The first kappa shape index (κ1) is 29.1. The molecular weight excluding hydrogens is 456 g/mol. The van der Waals surface area contributed by atoms with Crippen molar-refractivity contribution in [3.63, 3.8) is 0 Å². The highest BCUT2D eigenvalue weighted by molar-refractivity contribution is 7.88. The van der Waals surface area contributed by atoms with Crippen molar-refractivity contribution in [3.8, 4) is 0 Å². The molecule has 1 heterocycles. The molecule has 0 radical (unpaired) electrons. The van der Waals surface area contributed by atoms with Gasteiger partial charge in [-0.2, -0.15) is 0 Å². The molecule has 4 N–H and O–H groups in total. The molecule has 1 saturated heterocycles. The maximum absolute atomic E-state index is 13.2. The Hall–Kier alpha value is -0.940. The SMILES string of the molecule is CCC(C)(C)OC[C@H](NS(C)(=O)=O)C(=O)N1CCC[C@@H]1C(=O)NCC1CCC(N)CC1.Cl. The lowest BCUT2D eigenvalue weighted by Crippen LogP contribution is -2.55. The number of ether oxygens (including phenoxy) is 1. The van der Waals surface area contributed by atoms with E-state index in [1.807, 2.05) is 20.8 Å². The number of hydrogen-bond donors (Lipinski definition) is 3. The van der Waals surface area contributed by atoms with Crippen LogP contribution >= 0.6 is 12.4 Å². The lowest BCUT2D eigenvalue weighted by Gasteiger charge is -2.31. The fourth-order valence-electron chi connectivity index (χ4n) is 4.08. The Kier molecular flexibility index (Phi) is 11.4. The molecule has 0 spiro atoms. The van der Waals surface area contributed by atoms with Crippen molar-refractivity contribution in [1.82, 2.24) is 14.9 Å². The van der Waals surface area contributed by atoms with Gasteiger partial charge in [0.25, 0.3) is 0 Å². The van der Waals surface area contributed by atoms with Gasteiger partial charge in [-0.1, -0.05) is 6.92 Å². The summed E-state index contributed by atoms with van der Waals surface area (Å²) in [5.74, 6) is -0.175. The lowest BCUT2D eigenvalue weighted by atomic mass is 9.86. The second-order valence-electron chi connectivity index (χ2n) is 9.58. The molecule has 9 nitrogen and oxygen atoms in total. The van der Waals surface area contributed by atoms with Gasteiger partial charge >= 0.3 is 0 Å². The maximum atomic E-state index is 13.2. The minimum atomic E-state index is -3.63. The van der Waals surface area contributed by atoms with Crippen LogP contribution in [0, 0.1) is 5.92 Å². The summed E-state index contributed by atoms with van der Waals surface area (Å²) in [5, 5.41) is 3.00. The lowest BCUT2D eigenvalue weighted by molar-refractivity contribution is -0.142. The Labute approximate surface area is 199 Å². The number of rotatable bonds is 10. The maximum Gasteiger partial charge on any atom is 0.243 e. The molecule has 11 heteroatoms. The van der Waals surface area contributed by atoms with Gasteiger partial charge < -0.3 is 20.7 Å². The summed E-state index contributed by atoms with van der Waals surface area (Å²) in [5.41, 5.74) is 5.46. The monoisotopic (exact) mass is 496 g/mol. The van der Waals surface area contributed by atoms with Crippen LogP contribution in [-0.4, -0.2) is 74.8 Å². The van der Waals surface area contributed by atoms with Crippen LogP contribution < -0.4 is 15.8 Å². The van der Waals surface area contributed by atoms with E-state index >= 15 is 0 Å². The number of carbonyl (C=O) groups excluding carboxylic acids is 2. The van der Waals surface area contributed by atoms with Crippen molar-refractivity contribution in [2.75, 3.05) is 26.0 Å². The summed E-state index contributed by atoms with van der Waals surface area (Å²) in [6.07, 6.45) is 6.95. The number of nitrogens with one attached hydrogen (secondary N) is 2. The third kappa shape index (κ3) is 9.13. The molecule has 2 atom stereocenters. The molecule has 1 saturated carbocycles. The molecule has 0 unspecified atom stereocenters. The molecule has 1 aliphatic carbocycles. The van der Waals surface area contributed by atoms with Crippen LogP contribution in [-0.2, 0) is 24.3 Å². The minimum Gasteiger partial charge on any atom is -0.373 e. The van der Waals surface area contributed by atoms with E-state index in [9.17, 15) is 18.0 Å². The number of nitrogens with zero attached hydrogens (tertiary/aromatic N) is 1. The first-order valence-corrected chi connectivity index (χ1v) is 13.3. The Morgan fingerprint density at radius 1 is 1.19 bits per heavy atom. The van der Waals surface area contributed by atoms with Crippen molar-refractivity contribution in [1.29, 1.82) is 0 Å². The zero-order chi connectivity index (χ0) is 23.2. The van der Waals surface area contributed by atoms with E-state index in [1.54, 1.807) is 0 Å². The fourth-order valence-corrected chi connectivity index (χ4v) is 4.77. The zero-order valence-corrected chi connectivity index (χ0v) is 21.4. The Morgan fingerprint density at radius 3 is 2.38 bits per heavy atom. The van der Waals surface area contributed by atoms with Crippen molar-refractivity contribution in [2.24, 2.45) is 11.7 Å². The largest absolute Gasteiger partial charge is 0.373 e. The van der Waals surface area contributed by atoms with Crippen molar-refractivity contribution >= 4 is 34.2 Å². The van der Waals surface area contributed by atoms with Crippen molar-refractivity contribution in [3.05, 3.63) is 0 Å². The third-order valence-electron chi connectivity index (χ3n) is 6.44. The van der Waals surface area contributed by atoms with E-state index in [0.717, 1.165) is 31.9 Å². The van der Waals surface area contributed by atoms with E-state index in [1.165, 1.54) is 4.90 Å². The van der Waals surface area contributed by atoms with Gasteiger partial charge in [-0.3, -0.25) is 9.59 Å². The zero-order valence-electron chi connectivity index (χ0n) is 19.8. The molecule has 2 fully saturated rings. The predicted octanol–water partition coefficient (Wildman–Crippen LogP) is 1.16. The molecule has 2 rings (SSSR count). The van der Waals surface area contributed by atoms with E-state index in [4.69, 9.17) is 10.5 Å². The van der Waals surface area contributed by atoms with Crippen LogP contribution in [0.1, 0.15) is 65.7 Å². The van der Waals surface area contributed by atoms with Gasteiger partial charge in [0.15, 0.2) is 0 Å². The molecule has 2 amide bonds. The molecular formula is C21H41ClN4O5S. The number of amides is 2. The smallest absolute Gasteiger partial charge is 0.243 e. The van der Waals surface area contributed by atoms with Gasteiger partial charge in [0.1, 0.15) is 12.1 Å². The third-order valence-corrected chi connectivity index (χ3v) is 7.15. The molecule has 0 aromatic carbocycles. The molecule has 32 heavy (non-hydrogen) atoms. The number of likely N-dealkylation sites (tertiary alicyclic amines) is 1. The summed E-state index contributed by atoms with van der Waals surface area (Å²) >= 11 is 0. The van der Waals surface area contributed by atoms with Crippen LogP contribution in [0.25, 0.3) is 0 Å². The van der Waals surface area contributed by atoms with Crippen molar-refractivity contribution in [2.45, 2.75) is 89.4 Å². The van der Waals surface area contributed by atoms with Gasteiger partial charge in [-0.25, -0.2) is 13.1 Å². The highest BCUT2D eigenvalue weighted by Crippen LogP contribution is 2.24. The number of carbonyl (C=O) groups is 2. The molecule has 2 aliphatic rings. The van der Waals surface area contributed by atoms with Crippen LogP contribution in [0.2, 0.25) is 0 Å². The van der Waals surface area contributed by atoms with E-state index in [0.29, 0.717) is 38.3 Å². The van der Waals surface area contributed by atoms with Crippen LogP contribution in [0.15, 0.2) is 0 Å². The van der Waals surface area contributed by atoms with Crippen LogP contribution in [0.4, 0.5) is 0 Å². The quantitative estimate of drug-likeness (QED) is 0.416. The predicted molar refractivity (Wildman–Crippen MR) is 127 cm³/mol. The first-order chi connectivity index (χ1) is 14.4. The molecule has 1 aliphatic heterocycles. The van der Waals surface area contributed by atoms with E-state index in [-0.39, 0.29) is 31.0 Å². The Balaban J connectivity index is 0.00000512. The molecule has 0 bridgehead atoms. The number of sulfonamides is 1. The van der Waals surface area contributed by atoms with E-state index < -0.39 is 33.6 Å². The van der Waals surface area contributed by atoms with Gasteiger partial charge in [0.05, 0.1) is 18.5 Å².